The molecule has 0 aliphatic heterocycles. The first kappa shape index (κ1) is 17.5. The van der Waals surface area contributed by atoms with Crippen LogP contribution in [0.1, 0.15) is 38.9 Å². The Morgan fingerprint density at radius 2 is 0.885 bits per heavy atom. The lowest BCUT2D eigenvalue weighted by Gasteiger charge is -2.12. The van der Waals surface area contributed by atoms with Crippen LogP contribution in [0.3, 0.4) is 0 Å². The number of rotatable bonds is 1. The number of benzene rings is 3. The van der Waals surface area contributed by atoms with Crippen LogP contribution in [0.4, 0.5) is 0 Å². The third-order valence-electron chi connectivity index (χ3n) is 5.55. The van der Waals surface area contributed by atoms with Gasteiger partial charge < -0.3 is 0 Å². The summed E-state index contributed by atoms with van der Waals surface area (Å²) < 4.78 is 0. The van der Waals surface area contributed by atoms with E-state index in [4.69, 9.17) is 0 Å². The number of halogens is 1. The van der Waals surface area contributed by atoms with Gasteiger partial charge >= 0.3 is 0 Å². The van der Waals surface area contributed by atoms with Gasteiger partial charge in [-0.25, -0.2) is 0 Å². The van der Waals surface area contributed by atoms with Gasteiger partial charge in [-0.15, -0.1) is 0 Å². The Labute approximate surface area is 165 Å². The Kier molecular flexibility index (Phi) is 5.55. The summed E-state index contributed by atoms with van der Waals surface area (Å²) in [5.41, 5.74) is 10.1. The van der Waals surface area contributed by atoms with Crippen molar-refractivity contribution >= 4 is 15.9 Å². The molecule has 0 aromatic heterocycles. The van der Waals surface area contributed by atoms with Crippen LogP contribution in [0, 0.1) is 0 Å². The topological polar surface area (TPSA) is 0 Å². The van der Waals surface area contributed by atoms with Gasteiger partial charge in [-0.3, -0.25) is 0 Å². The molecule has 0 unspecified atom stereocenters. The molecule has 0 heterocycles. The number of hydrogen-bond acceptors (Lipinski definition) is 0. The van der Waals surface area contributed by atoms with Gasteiger partial charge in [0.15, 0.2) is 0 Å². The van der Waals surface area contributed by atoms with Crippen LogP contribution in [-0.4, -0.2) is 0 Å². The van der Waals surface area contributed by atoms with E-state index in [-0.39, 0.29) is 0 Å². The van der Waals surface area contributed by atoms with Gasteiger partial charge in [0.25, 0.3) is 0 Å². The van der Waals surface area contributed by atoms with Gasteiger partial charge in [0.1, 0.15) is 0 Å². The Morgan fingerprint density at radius 1 is 0.500 bits per heavy atom. The van der Waals surface area contributed by atoms with E-state index in [1.807, 2.05) is 0 Å². The molecule has 0 atom stereocenters. The molecule has 6 aliphatic carbocycles. The molecule has 26 heavy (non-hydrogen) atoms. The van der Waals surface area contributed by atoms with Crippen LogP contribution in [0.25, 0.3) is 0 Å². The molecule has 0 amide bonds. The van der Waals surface area contributed by atoms with Gasteiger partial charge in [0.05, 0.1) is 0 Å². The highest BCUT2D eigenvalue weighted by Gasteiger charge is 2.06. The standard InChI is InChI=1S/C25H25Br/c26-18-25-17-23-12-11-21-5-3-19(4-6-21)1-2-20-7-9-22(10-8-20)13-15-24(25)16-14-23/h3-10,14,16-17H,1-2,11-13,15,18H2. The second-order valence-electron chi connectivity index (χ2n) is 7.37. The van der Waals surface area contributed by atoms with Crippen molar-refractivity contribution in [1.82, 2.24) is 0 Å². The first-order chi connectivity index (χ1) is 12.8. The summed E-state index contributed by atoms with van der Waals surface area (Å²) in [4.78, 5) is 0. The lowest BCUT2D eigenvalue weighted by molar-refractivity contribution is 0.914. The fourth-order valence-corrected chi connectivity index (χ4v) is 4.33. The molecule has 0 saturated heterocycles. The maximum atomic E-state index is 3.69. The highest BCUT2D eigenvalue weighted by atomic mass is 79.9. The molecular weight excluding hydrogens is 380 g/mol. The zero-order valence-corrected chi connectivity index (χ0v) is 16.8. The fraction of sp³-hybridized carbons (Fsp3) is 0.280. The van der Waals surface area contributed by atoms with E-state index in [0.717, 1.165) is 43.9 Å². The molecule has 0 N–H and O–H groups in total. The van der Waals surface area contributed by atoms with E-state index in [1.165, 1.54) is 38.9 Å². The summed E-state index contributed by atoms with van der Waals surface area (Å²) in [6, 6.07) is 25.5. The van der Waals surface area contributed by atoms with Crippen molar-refractivity contribution in [2.45, 2.75) is 43.9 Å². The van der Waals surface area contributed by atoms with E-state index < -0.39 is 0 Å². The third-order valence-corrected chi connectivity index (χ3v) is 6.15. The first-order valence-corrected chi connectivity index (χ1v) is 10.7. The SMILES string of the molecule is BrCc1cc2ccc1CCc1ccc(cc1)CCc1ccc(cc1)CC2. The highest BCUT2D eigenvalue weighted by molar-refractivity contribution is 9.08. The summed E-state index contributed by atoms with van der Waals surface area (Å²) in [6.45, 7) is 0. The molecule has 3 aromatic rings. The van der Waals surface area contributed by atoms with Crippen molar-refractivity contribution in [3.63, 3.8) is 0 Å². The summed E-state index contributed by atoms with van der Waals surface area (Å²) in [6.07, 6.45) is 6.69. The molecule has 6 aliphatic rings. The van der Waals surface area contributed by atoms with Crippen LogP contribution in [0.2, 0.25) is 0 Å². The molecule has 0 nitrogen and oxygen atoms in total. The summed E-state index contributed by atoms with van der Waals surface area (Å²) in [5.74, 6) is 0. The molecule has 0 fully saturated rings. The molecule has 1 heteroatoms. The average Bonchev–Trinajstić information content (AvgIpc) is 2.70. The minimum atomic E-state index is 0.934. The fourth-order valence-electron chi connectivity index (χ4n) is 3.80. The average molecular weight is 405 g/mol. The Morgan fingerprint density at radius 3 is 1.35 bits per heavy atom. The van der Waals surface area contributed by atoms with Gasteiger partial charge in [-0.1, -0.05) is 82.7 Å². The molecule has 6 bridgehead atoms. The van der Waals surface area contributed by atoms with E-state index in [2.05, 4.69) is 82.7 Å². The quantitative estimate of drug-likeness (QED) is 0.420. The second-order valence-corrected chi connectivity index (χ2v) is 7.93. The zero-order chi connectivity index (χ0) is 17.8. The lowest BCUT2D eigenvalue weighted by atomic mass is 9.95. The normalized spacial score (nSPS) is 14.3. The van der Waals surface area contributed by atoms with E-state index in [0.29, 0.717) is 0 Å². The van der Waals surface area contributed by atoms with Crippen molar-refractivity contribution < 1.29 is 0 Å². The van der Waals surface area contributed by atoms with Gasteiger partial charge in [0.2, 0.25) is 0 Å². The number of alkyl halides is 1. The molecule has 0 saturated carbocycles. The minimum Gasteiger partial charge on any atom is -0.0876 e. The maximum absolute atomic E-state index is 3.69. The van der Waals surface area contributed by atoms with Crippen molar-refractivity contribution in [2.75, 3.05) is 0 Å². The molecule has 3 aromatic carbocycles. The van der Waals surface area contributed by atoms with Crippen LogP contribution >= 0.6 is 15.9 Å². The van der Waals surface area contributed by atoms with Crippen LogP contribution in [0.15, 0.2) is 66.7 Å². The predicted octanol–water partition coefficient (Wildman–Crippen LogP) is 6.25. The summed E-state index contributed by atoms with van der Waals surface area (Å²) >= 11 is 3.69. The third kappa shape index (κ3) is 4.27. The number of aryl methyl sites for hydroxylation is 6. The van der Waals surface area contributed by atoms with Crippen LogP contribution < -0.4 is 0 Å². The zero-order valence-electron chi connectivity index (χ0n) is 15.2. The predicted molar refractivity (Wildman–Crippen MR) is 114 cm³/mol. The van der Waals surface area contributed by atoms with Crippen molar-refractivity contribution in [2.24, 2.45) is 0 Å². The Hall–Kier alpha value is -1.86. The van der Waals surface area contributed by atoms with Crippen LogP contribution in [-0.2, 0) is 43.9 Å². The molecule has 0 spiro atoms. The minimum absolute atomic E-state index is 0.934. The first-order valence-electron chi connectivity index (χ1n) is 9.62. The van der Waals surface area contributed by atoms with E-state index >= 15 is 0 Å². The highest BCUT2D eigenvalue weighted by Crippen LogP contribution is 2.20. The number of hydrogen-bond donors (Lipinski definition) is 0. The molecular formula is C25H25Br. The Bertz CT molecular complexity index is 860. The van der Waals surface area contributed by atoms with Gasteiger partial charge in [-0.2, -0.15) is 0 Å². The molecule has 132 valence electrons. The molecule has 0 radical (unpaired) electrons. The molecule has 9 rings (SSSR count). The van der Waals surface area contributed by atoms with Gasteiger partial charge in [0, 0.05) is 5.33 Å². The van der Waals surface area contributed by atoms with Crippen molar-refractivity contribution in [3.05, 3.63) is 106 Å². The monoisotopic (exact) mass is 404 g/mol. The summed E-state index contributed by atoms with van der Waals surface area (Å²) in [7, 11) is 0. The lowest BCUT2D eigenvalue weighted by Crippen LogP contribution is -2.00. The van der Waals surface area contributed by atoms with Crippen LogP contribution in [0.5, 0.6) is 0 Å². The maximum Gasteiger partial charge on any atom is 0.0285 e. The van der Waals surface area contributed by atoms with Crippen molar-refractivity contribution in [3.8, 4) is 0 Å². The van der Waals surface area contributed by atoms with E-state index in [1.54, 1.807) is 0 Å². The van der Waals surface area contributed by atoms with Crippen molar-refractivity contribution in [1.29, 1.82) is 0 Å². The van der Waals surface area contributed by atoms with E-state index in [9.17, 15) is 0 Å². The Balaban J connectivity index is 1.66. The summed E-state index contributed by atoms with van der Waals surface area (Å²) in [5, 5.41) is 0.934. The second kappa shape index (κ2) is 8.22. The largest absolute Gasteiger partial charge is 0.0876 e. The van der Waals surface area contributed by atoms with Gasteiger partial charge in [-0.05, 0) is 77.5 Å². The smallest absolute Gasteiger partial charge is 0.0285 e.